The average molecular weight is 185 g/mol. The summed E-state index contributed by atoms with van der Waals surface area (Å²) in [5, 5.41) is 1.84. The van der Waals surface area contributed by atoms with E-state index in [0.717, 1.165) is 0 Å². The van der Waals surface area contributed by atoms with Crippen LogP contribution < -0.4 is 0 Å². The second kappa shape index (κ2) is 3.53. The van der Waals surface area contributed by atoms with Gasteiger partial charge in [-0.15, -0.1) is 11.3 Å². The molecule has 0 saturated carbocycles. The molecule has 0 N–H and O–H groups in total. The summed E-state index contributed by atoms with van der Waals surface area (Å²) in [6.07, 6.45) is 1.67. The van der Waals surface area contributed by atoms with Gasteiger partial charge in [0, 0.05) is 31.1 Å². The number of aromatic nitrogens is 1. The first kappa shape index (κ1) is 7.54. The fourth-order valence-electron chi connectivity index (χ4n) is 0.206. The zero-order valence-electron chi connectivity index (χ0n) is 3.60. The Morgan fingerprint density at radius 3 is 2.57 bits per heavy atom. The van der Waals surface area contributed by atoms with Gasteiger partial charge in [0.2, 0.25) is 0 Å². The molecule has 0 aliphatic rings. The van der Waals surface area contributed by atoms with Gasteiger partial charge >= 0.3 is 0 Å². The second-order valence-electron chi connectivity index (χ2n) is 0.785. The van der Waals surface area contributed by atoms with Crippen molar-refractivity contribution >= 4 is 22.9 Å². The summed E-state index contributed by atoms with van der Waals surface area (Å²) >= 11 is 6.79. The Labute approximate surface area is 63.5 Å². The monoisotopic (exact) mass is 183 g/mol. The van der Waals surface area contributed by atoms with Crippen molar-refractivity contribution in [1.82, 2.24) is 4.98 Å². The van der Waals surface area contributed by atoms with Crippen LogP contribution in [-0.2, 0) is 19.5 Å². The summed E-state index contributed by atoms with van der Waals surface area (Å²) in [5.41, 5.74) is 0. The van der Waals surface area contributed by atoms with E-state index < -0.39 is 0 Å². The van der Waals surface area contributed by atoms with Crippen molar-refractivity contribution in [3.05, 3.63) is 16.0 Å². The van der Waals surface area contributed by atoms with E-state index in [9.17, 15) is 0 Å². The summed E-state index contributed by atoms with van der Waals surface area (Å²) < 4.78 is 0.606. The fourth-order valence-corrected chi connectivity index (χ4v) is 0.772. The van der Waals surface area contributed by atoms with E-state index in [2.05, 4.69) is 4.98 Å². The van der Waals surface area contributed by atoms with E-state index in [1.807, 2.05) is 5.38 Å². The molecule has 0 bridgehead atoms. The maximum atomic E-state index is 5.36. The van der Waals surface area contributed by atoms with E-state index in [0.29, 0.717) is 4.47 Å². The molecule has 0 fully saturated rings. The van der Waals surface area contributed by atoms with Crippen molar-refractivity contribution in [3.63, 3.8) is 0 Å². The summed E-state index contributed by atoms with van der Waals surface area (Å²) in [5.74, 6) is 0. The molecule has 1 aromatic heterocycles. The average Bonchev–Trinajstić information content (AvgIpc) is 1.86. The van der Waals surface area contributed by atoms with Crippen LogP contribution in [0.15, 0.2) is 11.6 Å². The molecule has 0 aromatic carbocycles. The van der Waals surface area contributed by atoms with Crippen LogP contribution in [0.2, 0.25) is 4.47 Å². The second-order valence-corrected chi connectivity index (χ2v) is 2.26. The van der Waals surface area contributed by atoms with Gasteiger partial charge in [0.15, 0.2) is 4.47 Å². The predicted octanol–water partition coefficient (Wildman–Crippen LogP) is 1.79. The summed E-state index contributed by atoms with van der Waals surface area (Å²) in [4.78, 5) is 3.70. The Bertz CT molecular complexity index is 118. The molecule has 4 heteroatoms. The third kappa shape index (κ3) is 2.37. The fraction of sp³-hybridized carbons (Fsp3) is 0. The van der Waals surface area contributed by atoms with E-state index in [1.54, 1.807) is 6.20 Å². The molecule has 0 saturated heterocycles. The molecular weight excluding hydrogens is 183 g/mol. The van der Waals surface area contributed by atoms with E-state index in [1.165, 1.54) is 11.3 Å². The van der Waals surface area contributed by atoms with Gasteiger partial charge in [-0.1, -0.05) is 11.6 Å². The largest absolute Gasteiger partial charge is 0.234 e. The van der Waals surface area contributed by atoms with Crippen LogP contribution in [0.4, 0.5) is 0 Å². The number of hydrogen-bond acceptors (Lipinski definition) is 2. The van der Waals surface area contributed by atoms with Crippen molar-refractivity contribution in [1.29, 1.82) is 0 Å². The molecule has 1 rings (SSSR count). The summed E-state index contributed by atoms with van der Waals surface area (Å²) in [6.45, 7) is 0. The van der Waals surface area contributed by atoms with E-state index in [4.69, 9.17) is 11.6 Å². The molecule has 7 heavy (non-hydrogen) atoms. The SMILES string of the molecule is Clc1nccs1.[Zn]. The van der Waals surface area contributed by atoms with Crippen LogP contribution in [0.25, 0.3) is 0 Å². The minimum Gasteiger partial charge on any atom is -0.234 e. The van der Waals surface area contributed by atoms with E-state index >= 15 is 0 Å². The zero-order chi connectivity index (χ0) is 4.41. The molecule has 0 aliphatic heterocycles. The molecule has 0 spiro atoms. The smallest absolute Gasteiger partial charge is 0.183 e. The molecule has 0 radical (unpaired) electrons. The van der Waals surface area contributed by atoms with Crippen LogP contribution in [0.3, 0.4) is 0 Å². The van der Waals surface area contributed by atoms with Crippen LogP contribution in [0, 0.1) is 0 Å². The molecule has 1 nitrogen and oxygen atoms in total. The maximum Gasteiger partial charge on any atom is 0.183 e. The van der Waals surface area contributed by atoms with Gasteiger partial charge in [0.1, 0.15) is 0 Å². The molecule has 1 aromatic rings. The van der Waals surface area contributed by atoms with E-state index in [-0.39, 0.29) is 19.5 Å². The van der Waals surface area contributed by atoms with Crippen LogP contribution >= 0.6 is 22.9 Å². The molecule has 34 valence electrons. The van der Waals surface area contributed by atoms with Crippen LogP contribution in [-0.4, -0.2) is 4.98 Å². The standard InChI is InChI=1S/C3H2ClNS.Zn/c4-3-5-1-2-6-3;/h1-2H;. The molecule has 1 heterocycles. The Kier molecular flexibility index (Phi) is 3.81. The van der Waals surface area contributed by atoms with Crippen molar-refractivity contribution in [2.75, 3.05) is 0 Å². The first-order valence-electron chi connectivity index (χ1n) is 1.44. The first-order valence-corrected chi connectivity index (χ1v) is 2.70. The molecule has 0 unspecified atom stereocenters. The normalized spacial score (nSPS) is 7.57. The predicted molar refractivity (Wildman–Crippen MR) is 27.1 cm³/mol. The van der Waals surface area contributed by atoms with Gasteiger partial charge in [-0.05, 0) is 0 Å². The van der Waals surface area contributed by atoms with Gasteiger partial charge in [-0.3, -0.25) is 0 Å². The van der Waals surface area contributed by atoms with Gasteiger partial charge in [-0.25, -0.2) is 4.98 Å². The van der Waals surface area contributed by atoms with Gasteiger partial charge in [-0.2, -0.15) is 0 Å². The van der Waals surface area contributed by atoms with Gasteiger partial charge < -0.3 is 0 Å². The zero-order valence-corrected chi connectivity index (χ0v) is 8.13. The third-order valence-corrected chi connectivity index (χ3v) is 1.32. The van der Waals surface area contributed by atoms with Crippen molar-refractivity contribution in [3.8, 4) is 0 Å². The number of nitrogens with zero attached hydrogens (tertiary/aromatic N) is 1. The summed E-state index contributed by atoms with van der Waals surface area (Å²) in [6, 6.07) is 0. The number of thiazole rings is 1. The van der Waals surface area contributed by atoms with Gasteiger partial charge in [0.25, 0.3) is 0 Å². The minimum atomic E-state index is 0. The first-order chi connectivity index (χ1) is 2.89. The Balaban J connectivity index is 0.000000360. The quantitative estimate of drug-likeness (QED) is 0.561. The van der Waals surface area contributed by atoms with Gasteiger partial charge in [0.05, 0.1) is 0 Å². The molecular formula is C3H2ClNSZn. The molecule has 0 amide bonds. The number of rotatable bonds is 0. The number of halogens is 1. The van der Waals surface area contributed by atoms with Crippen molar-refractivity contribution < 1.29 is 19.5 Å². The topological polar surface area (TPSA) is 12.9 Å². The molecule has 0 aliphatic carbocycles. The third-order valence-electron chi connectivity index (χ3n) is 0.402. The Hall–Kier alpha value is 0.543. The van der Waals surface area contributed by atoms with Crippen molar-refractivity contribution in [2.24, 2.45) is 0 Å². The minimum absolute atomic E-state index is 0. The maximum absolute atomic E-state index is 5.36. The Morgan fingerprint density at radius 2 is 2.43 bits per heavy atom. The number of hydrogen-bond donors (Lipinski definition) is 0. The van der Waals surface area contributed by atoms with Crippen LogP contribution in [0.5, 0.6) is 0 Å². The van der Waals surface area contributed by atoms with Crippen LogP contribution in [0.1, 0.15) is 0 Å². The Morgan fingerprint density at radius 1 is 1.71 bits per heavy atom. The summed E-state index contributed by atoms with van der Waals surface area (Å²) in [7, 11) is 0. The van der Waals surface area contributed by atoms with Crippen molar-refractivity contribution in [2.45, 2.75) is 0 Å². The molecule has 0 atom stereocenters.